The number of nitrogens with one attached hydrogen (secondary N) is 1. The molecule has 0 aliphatic carbocycles. The van der Waals surface area contributed by atoms with Crippen molar-refractivity contribution in [2.24, 2.45) is 5.84 Å². The average molecular weight is 126 g/mol. The molecule has 0 aromatic rings. The molecule has 2 heteroatoms. The smallest absolute Gasteiger partial charge is 0.0256 e. The average Bonchev–Trinajstić information content (AvgIpc) is 1.91. The third kappa shape index (κ3) is 3.79. The van der Waals surface area contributed by atoms with Gasteiger partial charge in [-0.05, 0) is 19.4 Å². The van der Waals surface area contributed by atoms with Crippen molar-refractivity contribution >= 4 is 0 Å². The predicted octanol–water partition coefficient (Wildman–Crippen LogP) is 1.32. The quantitative estimate of drug-likeness (QED) is 0.340. The third-order valence-electron chi connectivity index (χ3n) is 1.06. The van der Waals surface area contributed by atoms with E-state index in [1.807, 2.05) is 25.2 Å². The first-order chi connectivity index (χ1) is 4.35. The van der Waals surface area contributed by atoms with Crippen molar-refractivity contribution in [1.29, 1.82) is 0 Å². The van der Waals surface area contributed by atoms with E-state index in [9.17, 15) is 0 Å². The molecule has 2 nitrogen and oxygen atoms in total. The summed E-state index contributed by atoms with van der Waals surface area (Å²) in [4.78, 5) is 0. The molecule has 0 atom stereocenters. The second kappa shape index (κ2) is 5.38. The van der Waals surface area contributed by atoms with E-state index in [0.717, 1.165) is 12.1 Å². The Bertz CT molecular complexity index is 108. The van der Waals surface area contributed by atoms with Crippen molar-refractivity contribution in [3.05, 3.63) is 23.9 Å². The Hall–Kier alpha value is -0.760. The van der Waals surface area contributed by atoms with Crippen molar-refractivity contribution < 1.29 is 0 Å². The number of hydrazine groups is 1. The first kappa shape index (κ1) is 8.24. The second-order valence-corrected chi connectivity index (χ2v) is 1.72. The molecule has 3 N–H and O–H groups in total. The minimum absolute atomic E-state index is 0.945. The molecule has 0 unspecified atom stereocenters. The van der Waals surface area contributed by atoms with Crippen molar-refractivity contribution in [3.8, 4) is 0 Å². The fourth-order valence-electron chi connectivity index (χ4n) is 0.480. The second-order valence-electron chi connectivity index (χ2n) is 1.72. The summed E-state index contributed by atoms with van der Waals surface area (Å²) < 4.78 is 0. The van der Waals surface area contributed by atoms with Gasteiger partial charge in [-0.2, -0.15) is 0 Å². The van der Waals surface area contributed by atoms with E-state index in [1.54, 1.807) is 0 Å². The van der Waals surface area contributed by atoms with Crippen LogP contribution in [0.2, 0.25) is 0 Å². The maximum Gasteiger partial charge on any atom is 0.0256 e. The van der Waals surface area contributed by atoms with Crippen LogP contribution in [0, 0.1) is 0 Å². The molecule has 0 saturated heterocycles. The zero-order chi connectivity index (χ0) is 7.11. The zero-order valence-electron chi connectivity index (χ0n) is 6.02. The molecule has 0 spiro atoms. The highest BCUT2D eigenvalue weighted by atomic mass is 15.2. The summed E-state index contributed by atoms with van der Waals surface area (Å²) in [6.45, 7) is 4.02. The summed E-state index contributed by atoms with van der Waals surface area (Å²) in [5.74, 6) is 5.17. The maximum absolute atomic E-state index is 5.17. The van der Waals surface area contributed by atoms with Gasteiger partial charge in [-0.1, -0.05) is 19.1 Å². The van der Waals surface area contributed by atoms with E-state index in [4.69, 9.17) is 5.84 Å². The Morgan fingerprint density at radius 3 is 2.67 bits per heavy atom. The van der Waals surface area contributed by atoms with Gasteiger partial charge in [0.05, 0.1) is 0 Å². The lowest BCUT2D eigenvalue weighted by Gasteiger charge is -1.98. The van der Waals surface area contributed by atoms with Gasteiger partial charge >= 0.3 is 0 Å². The minimum atomic E-state index is 0.945. The lowest BCUT2D eigenvalue weighted by Crippen LogP contribution is -2.20. The van der Waals surface area contributed by atoms with Crippen LogP contribution in [0.4, 0.5) is 0 Å². The summed E-state index contributed by atoms with van der Waals surface area (Å²) in [6, 6.07) is 0. The molecule has 9 heavy (non-hydrogen) atoms. The SMILES string of the molecule is C/C=C\C=C(\CC)NN. The fourth-order valence-corrected chi connectivity index (χ4v) is 0.480. The van der Waals surface area contributed by atoms with Crippen LogP contribution in [0.3, 0.4) is 0 Å². The van der Waals surface area contributed by atoms with E-state index >= 15 is 0 Å². The molecule has 0 heterocycles. The monoisotopic (exact) mass is 126 g/mol. The van der Waals surface area contributed by atoms with E-state index in [2.05, 4.69) is 12.3 Å². The van der Waals surface area contributed by atoms with Gasteiger partial charge in [0, 0.05) is 5.70 Å². The number of hydrogen-bond acceptors (Lipinski definition) is 2. The highest BCUT2D eigenvalue weighted by Crippen LogP contribution is 1.92. The Balaban J connectivity index is 3.75. The van der Waals surface area contributed by atoms with Crippen molar-refractivity contribution in [2.75, 3.05) is 0 Å². The Kier molecular flexibility index (Phi) is 4.92. The lowest BCUT2D eigenvalue weighted by atomic mass is 10.3. The summed E-state index contributed by atoms with van der Waals surface area (Å²) >= 11 is 0. The molecule has 0 aliphatic rings. The number of allylic oxidation sites excluding steroid dienone is 4. The zero-order valence-corrected chi connectivity index (χ0v) is 6.02. The van der Waals surface area contributed by atoms with Gasteiger partial charge in [0.2, 0.25) is 0 Å². The van der Waals surface area contributed by atoms with Crippen LogP contribution in [0.5, 0.6) is 0 Å². The van der Waals surface area contributed by atoms with Crippen LogP contribution in [0.15, 0.2) is 23.9 Å². The van der Waals surface area contributed by atoms with E-state index in [0.29, 0.717) is 0 Å². The Morgan fingerprint density at radius 2 is 2.33 bits per heavy atom. The molecule has 0 bridgehead atoms. The molecular formula is C7H14N2. The molecule has 0 aliphatic heterocycles. The van der Waals surface area contributed by atoms with Gasteiger partial charge in [0.25, 0.3) is 0 Å². The molecule has 0 saturated carbocycles. The Morgan fingerprint density at radius 1 is 1.67 bits per heavy atom. The normalized spacial score (nSPS) is 12.6. The van der Waals surface area contributed by atoms with Crippen LogP contribution >= 0.6 is 0 Å². The number of rotatable bonds is 3. The number of hydrogen-bond donors (Lipinski definition) is 2. The first-order valence-electron chi connectivity index (χ1n) is 3.13. The summed E-state index contributed by atoms with van der Waals surface area (Å²) in [5.41, 5.74) is 3.65. The van der Waals surface area contributed by atoms with E-state index < -0.39 is 0 Å². The molecule has 0 amide bonds. The van der Waals surface area contributed by atoms with Crippen molar-refractivity contribution in [2.45, 2.75) is 20.3 Å². The van der Waals surface area contributed by atoms with Gasteiger partial charge in [-0.3, -0.25) is 5.84 Å². The molecule has 0 fully saturated rings. The number of nitrogens with two attached hydrogens (primary N) is 1. The molecule has 0 aromatic carbocycles. The summed E-state index contributed by atoms with van der Waals surface area (Å²) in [5, 5.41) is 0. The van der Waals surface area contributed by atoms with Crippen LogP contribution in [-0.4, -0.2) is 0 Å². The molecular weight excluding hydrogens is 112 g/mol. The highest BCUT2D eigenvalue weighted by Gasteiger charge is 1.82. The summed E-state index contributed by atoms with van der Waals surface area (Å²) in [6.07, 6.45) is 6.83. The fraction of sp³-hybridized carbons (Fsp3) is 0.429. The van der Waals surface area contributed by atoms with Crippen molar-refractivity contribution in [3.63, 3.8) is 0 Å². The van der Waals surface area contributed by atoms with Gasteiger partial charge in [-0.15, -0.1) is 0 Å². The third-order valence-corrected chi connectivity index (χ3v) is 1.06. The van der Waals surface area contributed by atoms with Crippen LogP contribution < -0.4 is 11.3 Å². The predicted molar refractivity (Wildman–Crippen MR) is 40.5 cm³/mol. The van der Waals surface area contributed by atoms with E-state index in [1.165, 1.54) is 0 Å². The topological polar surface area (TPSA) is 38.0 Å². The minimum Gasteiger partial charge on any atom is -0.328 e. The maximum atomic E-state index is 5.17. The molecule has 0 rings (SSSR count). The van der Waals surface area contributed by atoms with Crippen LogP contribution in [0.1, 0.15) is 20.3 Å². The van der Waals surface area contributed by atoms with Crippen molar-refractivity contribution in [1.82, 2.24) is 5.43 Å². The molecule has 0 radical (unpaired) electrons. The van der Waals surface area contributed by atoms with Gasteiger partial charge in [-0.25, -0.2) is 0 Å². The summed E-state index contributed by atoms with van der Waals surface area (Å²) in [7, 11) is 0. The van der Waals surface area contributed by atoms with Gasteiger partial charge in [0.15, 0.2) is 0 Å². The lowest BCUT2D eigenvalue weighted by molar-refractivity contribution is 0.828. The standard InChI is InChI=1S/C7H14N2/c1-3-5-6-7(4-2)9-8/h3,5-6,9H,4,8H2,1-2H3/b5-3-,7-6-. The van der Waals surface area contributed by atoms with E-state index in [-0.39, 0.29) is 0 Å². The Labute approximate surface area is 56.4 Å². The molecule has 0 aromatic heterocycles. The first-order valence-corrected chi connectivity index (χ1v) is 3.13. The molecule has 52 valence electrons. The van der Waals surface area contributed by atoms with Crippen LogP contribution in [-0.2, 0) is 0 Å². The van der Waals surface area contributed by atoms with Gasteiger partial charge in [0.1, 0.15) is 0 Å². The van der Waals surface area contributed by atoms with Gasteiger partial charge < -0.3 is 5.43 Å². The highest BCUT2D eigenvalue weighted by molar-refractivity contribution is 5.08. The largest absolute Gasteiger partial charge is 0.328 e. The van der Waals surface area contributed by atoms with Crippen LogP contribution in [0.25, 0.3) is 0 Å².